The van der Waals surface area contributed by atoms with E-state index >= 15 is 0 Å². The first-order chi connectivity index (χ1) is 27.3. The zero-order chi connectivity index (χ0) is 40.9. The van der Waals surface area contributed by atoms with Gasteiger partial charge < -0.3 is 40.3 Å². The maximum Gasteiger partial charge on any atom is 0.220 e. The molecule has 0 spiro atoms. The fourth-order valence-electron chi connectivity index (χ4n) is 7.75. The van der Waals surface area contributed by atoms with Gasteiger partial charge in [0.05, 0.1) is 25.4 Å². The monoisotopic (exact) mass is 798 g/mol. The molecule has 9 nitrogen and oxygen atoms in total. The quantitative estimate of drug-likeness (QED) is 0.0265. The minimum atomic E-state index is -1.56. The highest BCUT2D eigenvalue weighted by atomic mass is 16.7. The van der Waals surface area contributed by atoms with E-state index in [0.29, 0.717) is 6.42 Å². The predicted molar refractivity (Wildman–Crippen MR) is 231 cm³/mol. The number of carbonyl (C=O) groups is 1. The second-order valence-corrected chi connectivity index (χ2v) is 16.9. The normalized spacial score (nSPS) is 21.2. The second kappa shape index (κ2) is 38.2. The van der Waals surface area contributed by atoms with Gasteiger partial charge in [-0.2, -0.15) is 0 Å². The first-order valence-corrected chi connectivity index (χ1v) is 23.9. The van der Waals surface area contributed by atoms with Crippen molar-refractivity contribution in [2.75, 3.05) is 13.2 Å². The second-order valence-electron chi connectivity index (χ2n) is 16.9. The fourth-order valence-corrected chi connectivity index (χ4v) is 7.75. The number of aliphatic hydroxyl groups is 5. The molecular formula is C47H91NO8. The van der Waals surface area contributed by atoms with Crippen molar-refractivity contribution in [2.24, 2.45) is 0 Å². The highest BCUT2D eigenvalue weighted by Gasteiger charge is 2.44. The van der Waals surface area contributed by atoms with E-state index in [1.54, 1.807) is 6.08 Å². The number of unbranched alkanes of at least 4 members (excludes halogenated alkanes) is 30. The van der Waals surface area contributed by atoms with Crippen LogP contribution in [0.2, 0.25) is 0 Å². The van der Waals surface area contributed by atoms with Crippen LogP contribution in [0.25, 0.3) is 0 Å². The van der Waals surface area contributed by atoms with E-state index < -0.39 is 49.5 Å². The van der Waals surface area contributed by atoms with Crippen LogP contribution in [0.5, 0.6) is 0 Å². The number of hydrogen-bond acceptors (Lipinski definition) is 8. The number of carbonyl (C=O) groups excluding carboxylic acids is 1. The van der Waals surface area contributed by atoms with Crippen molar-refractivity contribution in [1.29, 1.82) is 0 Å². The van der Waals surface area contributed by atoms with Gasteiger partial charge in [-0.05, 0) is 19.3 Å². The molecule has 1 aliphatic rings. The molecule has 1 saturated heterocycles. The van der Waals surface area contributed by atoms with E-state index in [1.807, 2.05) is 6.08 Å². The van der Waals surface area contributed by atoms with Gasteiger partial charge in [0.25, 0.3) is 0 Å². The van der Waals surface area contributed by atoms with Crippen molar-refractivity contribution < 1.29 is 39.8 Å². The Balaban J connectivity index is 2.33. The molecule has 7 atom stereocenters. The lowest BCUT2D eigenvalue weighted by Crippen LogP contribution is -2.60. The van der Waals surface area contributed by atoms with Gasteiger partial charge in [0.15, 0.2) is 6.29 Å². The maximum absolute atomic E-state index is 13.0. The van der Waals surface area contributed by atoms with E-state index in [-0.39, 0.29) is 12.5 Å². The SMILES string of the molecule is CCCCCCCCCCCCCCCCC/C=C/[C@@H](O)[C@H](CO[C@@H]1O[C@H](CO)[C@@H](O)C(O)C1O)NC(=O)CCCCCCCCCCCCCCCCCC. The van der Waals surface area contributed by atoms with Crippen LogP contribution in [0.15, 0.2) is 12.2 Å². The number of nitrogens with one attached hydrogen (secondary N) is 1. The maximum atomic E-state index is 13.0. The Kier molecular flexibility index (Phi) is 36.1. The number of rotatable bonds is 40. The lowest BCUT2D eigenvalue weighted by atomic mass is 9.99. The molecule has 0 aromatic carbocycles. The van der Waals surface area contributed by atoms with Gasteiger partial charge >= 0.3 is 0 Å². The number of aliphatic hydroxyl groups excluding tert-OH is 5. The number of hydrogen-bond donors (Lipinski definition) is 6. The third-order valence-corrected chi connectivity index (χ3v) is 11.6. The van der Waals surface area contributed by atoms with Gasteiger partial charge in [-0.3, -0.25) is 4.79 Å². The van der Waals surface area contributed by atoms with Gasteiger partial charge in [-0.1, -0.05) is 212 Å². The largest absolute Gasteiger partial charge is 0.394 e. The van der Waals surface area contributed by atoms with Crippen LogP contribution in [0, 0.1) is 0 Å². The zero-order valence-corrected chi connectivity index (χ0v) is 36.4. The highest BCUT2D eigenvalue weighted by molar-refractivity contribution is 5.76. The molecule has 0 bridgehead atoms. The standard InChI is InChI=1S/C47H91NO8/c1-3-5-7-9-11-13-15-17-19-21-22-24-26-28-30-32-34-36-41(50)40(39-55-47-46(54)45(53)44(52)42(38-49)56-47)48-43(51)37-35-33-31-29-27-25-23-20-18-16-14-12-10-8-6-4-2/h34,36,40-42,44-47,49-50,52-54H,3-33,35,37-39H2,1-2H3,(H,48,51)/b36-34+/t40-,41+,42+,44+,45?,46?,47+/m0/s1. The molecule has 1 heterocycles. The molecule has 0 aromatic heterocycles. The molecule has 0 saturated carbocycles. The van der Waals surface area contributed by atoms with Crippen molar-refractivity contribution in [3.63, 3.8) is 0 Å². The molecule has 0 radical (unpaired) electrons. The summed E-state index contributed by atoms with van der Waals surface area (Å²) >= 11 is 0. The minimum Gasteiger partial charge on any atom is -0.394 e. The van der Waals surface area contributed by atoms with Crippen molar-refractivity contribution in [2.45, 2.75) is 269 Å². The van der Waals surface area contributed by atoms with Gasteiger partial charge in [0.1, 0.15) is 24.4 Å². The Labute approximate surface area is 344 Å². The van der Waals surface area contributed by atoms with Crippen LogP contribution in [0.4, 0.5) is 0 Å². The summed E-state index contributed by atoms with van der Waals surface area (Å²) in [4.78, 5) is 13.0. The van der Waals surface area contributed by atoms with Gasteiger partial charge in [0.2, 0.25) is 5.91 Å². The van der Waals surface area contributed by atoms with Gasteiger partial charge in [0, 0.05) is 6.42 Å². The van der Waals surface area contributed by atoms with Crippen LogP contribution >= 0.6 is 0 Å². The average Bonchev–Trinajstić information content (AvgIpc) is 3.20. The minimum absolute atomic E-state index is 0.173. The van der Waals surface area contributed by atoms with Crippen LogP contribution < -0.4 is 5.32 Å². The van der Waals surface area contributed by atoms with Crippen LogP contribution in [-0.4, -0.2) is 87.5 Å². The Hall–Kier alpha value is -1.07. The van der Waals surface area contributed by atoms with Crippen molar-refractivity contribution in [3.05, 3.63) is 12.2 Å². The summed E-state index contributed by atoms with van der Waals surface area (Å²) < 4.78 is 11.2. The topological polar surface area (TPSA) is 149 Å². The molecule has 1 fully saturated rings. The molecule has 332 valence electrons. The van der Waals surface area contributed by atoms with Crippen LogP contribution in [0.3, 0.4) is 0 Å². The van der Waals surface area contributed by atoms with Gasteiger partial charge in [-0.15, -0.1) is 0 Å². The number of allylic oxidation sites excluding steroid dienone is 1. The number of ether oxygens (including phenoxy) is 2. The third kappa shape index (κ3) is 28.4. The lowest BCUT2D eigenvalue weighted by Gasteiger charge is -2.40. The molecule has 2 unspecified atom stereocenters. The predicted octanol–water partition coefficient (Wildman–Crippen LogP) is 10.1. The van der Waals surface area contributed by atoms with Crippen LogP contribution in [0.1, 0.15) is 226 Å². The molecule has 56 heavy (non-hydrogen) atoms. The first kappa shape index (κ1) is 52.9. The van der Waals surface area contributed by atoms with Crippen molar-refractivity contribution in [3.8, 4) is 0 Å². The van der Waals surface area contributed by atoms with E-state index in [0.717, 1.165) is 38.5 Å². The fraction of sp³-hybridized carbons (Fsp3) is 0.936. The summed E-state index contributed by atoms with van der Waals surface area (Å²) in [6.45, 7) is 3.79. The average molecular weight is 798 g/mol. The summed E-state index contributed by atoms with van der Waals surface area (Å²) in [6.07, 6.45) is 36.8. The molecule has 1 rings (SSSR count). The third-order valence-electron chi connectivity index (χ3n) is 11.6. The van der Waals surface area contributed by atoms with Crippen molar-refractivity contribution >= 4 is 5.91 Å². The Morgan fingerprint density at radius 2 is 0.982 bits per heavy atom. The van der Waals surface area contributed by atoms with Crippen LogP contribution in [-0.2, 0) is 14.3 Å². The van der Waals surface area contributed by atoms with E-state index in [9.17, 15) is 30.3 Å². The molecule has 1 aliphatic heterocycles. The van der Waals surface area contributed by atoms with Crippen molar-refractivity contribution in [1.82, 2.24) is 5.32 Å². The highest BCUT2D eigenvalue weighted by Crippen LogP contribution is 2.23. The van der Waals surface area contributed by atoms with E-state index in [4.69, 9.17) is 9.47 Å². The summed E-state index contributed by atoms with van der Waals surface area (Å²) in [6, 6.07) is -0.798. The first-order valence-electron chi connectivity index (χ1n) is 23.9. The molecule has 1 amide bonds. The Morgan fingerprint density at radius 1 is 0.589 bits per heavy atom. The van der Waals surface area contributed by atoms with E-state index in [2.05, 4.69) is 19.2 Å². The lowest BCUT2D eigenvalue weighted by molar-refractivity contribution is -0.302. The van der Waals surface area contributed by atoms with E-state index in [1.165, 1.54) is 167 Å². The Morgan fingerprint density at radius 3 is 1.39 bits per heavy atom. The molecular weight excluding hydrogens is 707 g/mol. The summed E-state index contributed by atoms with van der Waals surface area (Å²) in [5.74, 6) is -0.173. The zero-order valence-electron chi connectivity index (χ0n) is 36.4. The number of amides is 1. The molecule has 0 aliphatic carbocycles. The molecule has 0 aromatic rings. The summed E-state index contributed by atoms with van der Waals surface area (Å²) in [5.41, 5.74) is 0. The molecule has 9 heteroatoms. The summed E-state index contributed by atoms with van der Waals surface area (Å²) in [7, 11) is 0. The van der Waals surface area contributed by atoms with Gasteiger partial charge in [-0.25, -0.2) is 0 Å². The molecule has 6 N–H and O–H groups in total. The summed E-state index contributed by atoms with van der Waals surface area (Å²) in [5, 5.41) is 54.2. The Bertz CT molecular complexity index is 888. The smallest absolute Gasteiger partial charge is 0.220 e.